The normalized spacial score (nSPS) is 13.6. The van der Waals surface area contributed by atoms with Gasteiger partial charge in [0.25, 0.3) is 0 Å². The van der Waals surface area contributed by atoms with E-state index in [1.54, 1.807) is 0 Å². The van der Waals surface area contributed by atoms with Gasteiger partial charge in [0.2, 0.25) is 0 Å². The third-order valence-corrected chi connectivity index (χ3v) is 3.00. The van der Waals surface area contributed by atoms with Gasteiger partial charge in [0.05, 0.1) is 0 Å². The number of hydrogen-bond acceptors (Lipinski definition) is 3. The van der Waals surface area contributed by atoms with Gasteiger partial charge in [-0.2, -0.15) is 0 Å². The fourth-order valence-electron chi connectivity index (χ4n) is 1.93. The topological polar surface area (TPSA) is 41.1 Å². The van der Waals surface area contributed by atoms with E-state index in [0.717, 1.165) is 19.4 Å². The summed E-state index contributed by atoms with van der Waals surface area (Å²) in [4.78, 5) is 11.7. The Balaban J connectivity index is 4.02. The predicted molar refractivity (Wildman–Crippen MR) is 78.9 cm³/mol. The lowest BCUT2D eigenvalue weighted by atomic mass is 9.99. The number of rotatable bonds is 10. The smallest absolute Gasteiger partial charge is 0.135 e. The van der Waals surface area contributed by atoms with E-state index in [-0.39, 0.29) is 5.92 Å². The summed E-state index contributed by atoms with van der Waals surface area (Å²) in [6.07, 6.45) is 2.74. The first kappa shape index (κ1) is 17.6. The van der Waals surface area contributed by atoms with Crippen molar-refractivity contribution < 1.29 is 4.79 Å². The van der Waals surface area contributed by atoms with Crippen LogP contribution in [0.4, 0.5) is 0 Å². The summed E-state index contributed by atoms with van der Waals surface area (Å²) in [5.74, 6) is 0.542. The van der Waals surface area contributed by atoms with E-state index in [0.29, 0.717) is 30.3 Å². The summed E-state index contributed by atoms with van der Waals surface area (Å²) >= 11 is 0. The van der Waals surface area contributed by atoms with Crippen LogP contribution in [0.1, 0.15) is 60.8 Å². The van der Waals surface area contributed by atoms with Crippen molar-refractivity contribution >= 4 is 5.78 Å². The molecule has 0 aliphatic carbocycles. The van der Waals surface area contributed by atoms with Gasteiger partial charge in [-0.05, 0) is 19.4 Å². The minimum atomic E-state index is 0.165. The molecule has 0 spiro atoms. The lowest BCUT2D eigenvalue weighted by Gasteiger charge is -2.22. The van der Waals surface area contributed by atoms with Crippen LogP contribution in [0.2, 0.25) is 0 Å². The van der Waals surface area contributed by atoms with Crippen LogP contribution in [0.3, 0.4) is 0 Å². The van der Waals surface area contributed by atoms with Gasteiger partial charge >= 0.3 is 0 Å². The van der Waals surface area contributed by atoms with Crippen LogP contribution in [0.15, 0.2) is 0 Å². The molecule has 0 rings (SSSR count). The van der Waals surface area contributed by atoms with Gasteiger partial charge < -0.3 is 10.6 Å². The first-order valence-electron chi connectivity index (χ1n) is 7.35. The molecule has 0 saturated carbocycles. The fourth-order valence-corrected chi connectivity index (χ4v) is 1.93. The lowest BCUT2D eigenvalue weighted by Crippen LogP contribution is -2.38. The zero-order valence-corrected chi connectivity index (χ0v) is 13.0. The van der Waals surface area contributed by atoms with Gasteiger partial charge in [0.15, 0.2) is 0 Å². The van der Waals surface area contributed by atoms with E-state index in [2.05, 4.69) is 38.3 Å². The van der Waals surface area contributed by atoms with Crippen LogP contribution in [-0.2, 0) is 4.79 Å². The molecule has 3 heteroatoms. The van der Waals surface area contributed by atoms with Crippen molar-refractivity contribution in [2.24, 2.45) is 5.92 Å². The van der Waals surface area contributed by atoms with Crippen molar-refractivity contribution in [2.45, 2.75) is 78.9 Å². The number of ketones is 1. The fraction of sp³-hybridized carbons (Fsp3) is 0.933. The van der Waals surface area contributed by atoms with Gasteiger partial charge in [-0.1, -0.05) is 41.5 Å². The Kier molecular flexibility index (Phi) is 9.29. The molecule has 0 bridgehead atoms. The van der Waals surface area contributed by atoms with Crippen molar-refractivity contribution in [2.75, 3.05) is 6.54 Å². The second-order valence-corrected chi connectivity index (χ2v) is 6.08. The molecule has 18 heavy (non-hydrogen) atoms. The van der Waals surface area contributed by atoms with Crippen LogP contribution in [0, 0.1) is 5.92 Å². The lowest BCUT2D eigenvalue weighted by molar-refractivity contribution is -0.122. The van der Waals surface area contributed by atoms with E-state index in [9.17, 15) is 4.79 Å². The van der Waals surface area contributed by atoms with Gasteiger partial charge in [-0.3, -0.25) is 4.79 Å². The summed E-state index contributed by atoms with van der Waals surface area (Å²) < 4.78 is 0. The molecule has 0 radical (unpaired) electrons. The quantitative estimate of drug-likeness (QED) is 0.631. The van der Waals surface area contributed by atoms with E-state index in [1.807, 2.05) is 13.8 Å². The molecule has 0 saturated heterocycles. The van der Waals surface area contributed by atoms with E-state index in [1.165, 1.54) is 0 Å². The van der Waals surface area contributed by atoms with Gasteiger partial charge in [-0.15, -0.1) is 0 Å². The molecule has 0 amide bonds. The number of carbonyl (C=O) groups excluding carboxylic acids is 1. The summed E-state index contributed by atoms with van der Waals surface area (Å²) in [5, 5.41) is 6.99. The van der Waals surface area contributed by atoms with E-state index in [4.69, 9.17) is 0 Å². The summed E-state index contributed by atoms with van der Waals surface area (Å²) in [5.41, 5.74) is 0. The van der Waals surface area contributed by atoms with E-state index >= 15 is 0 Å². The zero-order chi connectivity index (χ0) is 14.1. The maximum atomic E-state index is 11.7. The SMILES string of the molecule is CC(C)NCC[C@@H](CCC(=O)C(C)C)NC(C)C. The number of nitrogens with one attached hydrogen (secondary N) is 2. The predicted octanol–water partition coefficient (Wildman–Crippen LogP) is 2.75. The average Bonchev–Trinajstić information content (AvgIpc) is 2.23. The molecule has 0 aromatic rings. The minimum Gasteiger partial charge on any atom is -0.314 e. The van der Waals surface area contributed by atoms with Crippen molar-refractivity contribution in [1.29, 1.82) is 0 Å². The molecule has 0 fully saturated rings. The number of Topliss-reactive ketones (excluding diaryl/α,β-unsaturated/α-hetero) is 1. The highest BCUT2D eigenvalue weighted by Crippen LogP contribution is 2.08. The first-order chi connectivity index (χ1) is 8.32. The second-order valence-electron chi connectivity index (χ2n) is 6.08. The molecule has 0 aromatic carbocycles. The number of carbonyl (C=O) groups is 1. The Labute approximate surface area is 113 Å². The third-order valence-electron chi connectivity index (χ3n) is 3.00. The highest BCUT2D eigenvalue weighted by molar-refractivity contribution is 5.80. The highest BCUT2D eigenvalue weighted by atomic mass is 16.1. The highest BCUT2D eigenvalue weighted by Gasteiger charge is 2.14. The Morgan fingerprint density at radius 3 is 2.00 bits per heavy atom. The summed E-state index contributed by atoms with van der Waals surface area (Å²) in [6.45, 7) is 13.6. The summed E-state index contributed by atoms with van der Waals surface area (Å²) in [6, 6.07) is 1.45. The molecule has 1 atom stereocenters. The van der Waals surface area contributed by atoms with Crippen molar-refractivity contribution in [1.82, 2.24) is 10.6 Å². The van der Waals surface area contributed by atoms with Gasteiger partial charge in [0, 0.05) is 30.5 Å². The molecule has 0 aliphatic rings. The van der Waals surface area contributed by atoms with Crippen LogP contribution >= 0.6 is 0 Å². The average molecular weight is 256 g/mol. The molecule has 2 N–H and O–H groups in total. The maximum absolute atomic E-state index is 11.7. The molecule has 0 aromatic heterocycles. The van der Waals surface area contributed by atoms with Crippen LogP contribution in [-0.4, -0.2) is 30.5 Å². The Bertz CT molecular complexity index is 225. The van der Waals surface area contributed by atoms with Crippen LogP contribution in [0.5, 0.6) is 0 Å². The van der Waals surface area contributed by atoms with Crippen LogP contribution < -0.4 is 10.6 Å². The second kappa shape index (κ2) is 9.51. The molecular weight excluding hydrogens is 224 g/mol. The van der Waals surface area contributed by atoms with E-state index < -0.39 is 0 Å². The Morgan fingerprint density at radius 1 is 0.944 bits per heavy atom. The summed E-state index contributed by atoms with van der Waals surface area (Å²) in [7, 11) is 0. The van der Waals surface area contributed by atoms with Gasteiger partial charge in [0.1, 0.15) is 5.78 Å². The maximum Gasteiger partial charge on any atom is 0.135 e. The van der Waals surface area contributed by atoms with Crippen LogP contribution in [0.25, 0.3) is 0 Å². The standard InChI is InChI=1S/C15H32N2O/c1-11(2)15(18)8-7-14(17-13(5)6)9-10-16-12(3)4/h11-14,16-17H,7-10H2,1-6H3/t14-/m1/s1. The largest absolute Gasteiger partial charge is 0.314 e. The molecule has 108 valence electrons. The Morgan fingerprint density at radius 2 is 1.56 bits per heavy atom. The van der Waals surface area contributed by atoms with Crippen molar-refractivity contribution in [3.05, 3.63) is 0 Å². The zero-order valence-electron chi connectivity index (χ0n) is 13.0. The molecule has 3 nitrogen and oxygen atoms in total. The van der Waals surface area contributed by atoms with Gasteiger partial charge in [-0.25, -0.2) is 0 Å². The first-order valence-corrected chi connectivity index (χ1v) is 7.35. The van der Waals surface area contributed by atoms with Crippen molar-refractivity contribution in [3.63, 3.8) is 0 Å². The monoisotopic (exact) mass is 256 g/mol. The molecule has 0 unspecified atom stereocenters. The molecular formula is C15H32N2O. The minimum absolute atomic E-state index is 0.165. The molecule has 0 heterocycles. The van der Waals surface area contributed by atoms with Crippen molar-refractivity contribution in [3.8, 4) is 0 Å². The number of hydrogen-bond donors (Lipinski definition) is 2. The molecule has 0 aliphatic heterocycles. The Hall–Kier alpha value is -0.410. The third kappa shape index (κ3) is 9.60.